The van der Waals surface area contributed by atoms with Gasteiger partial charge in [-0.1, -0.05) is 26.8 Å². The van der Waals surface area contributed by atoms with Crippen LogP contribution < -0.4 is 0 Å². The van der Waals surface area contributed by atoms with Gasteiger partial charge < -0.3 is 9.53 Å². The van der Waals surface area contributed by atoms with Crippen LogP contribution in [0.4, 0.5) is 0 Å². The second kappa shape index (κ2) is 5.82. The standard InChI is InChI=1S/C17H29NO2Si/c1-12-7-8-14-9-13(11-19)10-15(16(14)18-12)20-21(5,6)17(2,3)4/h7-8,13,15,19H,9-11H2,1-6H3. The first-order valence-corrected chi connectivity index (χ1v) is 10.8. The lowest BCUT2D eigenvalue weighted by molar-refractivity contribution is 0.107. The number of pyridine rings is 1. The molecular formula is C17H29NO2Si. The van der Waals surface area contributed by atoms with Gasteiger partial charge in [0.2, 0.25) is 0 Å². The molecule has 0 spiro atoms. The molecule has 2 unspecified atom stereocenters. The Kier molecular flexibility index (Phi) is 4.62. The summed E-state index contributed by atoms with van der Waals surface area (Å²) in [5.74, 6) is 0.289. The minimum atomic E-state index is -1.84. The summed E-state index contributed by atoms with van der Waals surface area (Å²) in [4.78, 5) is 4.75. The van der Waals surface area contributed by atoms with Crippen LogP contribution in [-0.4, -0.2) is 25.0 Å². The Balaban J connectivity index is 2.33. The Bertz CT molecular complexity index is 508. The Morgan fingerprint density at radius 3 is 2.57 bits per heavy atom. The maximum atomic E-state index is 9.58. The van der Waals surface area contributed by atoms with E-state index in [-0.39, 0.29) is 23.7 Å². The molecule has 0 aliphatic heterocycles. The molecule has 0 bridgehead atoms. The van der Waals surface area contributed by atoms with Crippen LogP contribution in [0.3, 0.4) is 0 Å². The van der Waals surface area contributed by atoms with Gasteiger partial charge in [0, 0.05) is 12.3 Å². The van der Waals surface area contributed by atoms with E-state index in [0.717, 1.165) is 24.2 Å². The molecule has 0 fully saturated rings. The highest BCUT2D eigenvalue weighted by atomic mass is 28.4. The highest BCUT2D eigenvalue weighted by molar-refractivity contribution is 6.74. The fraction of sp³-hybridized carbons (Fsp3) is 0.706. The first-order chi connectivity index (χ1) is 9.64. The quantitative estimate of drug-likeness (QED) is 0.858. The SMILES string of the molecule is Cc1ccc2c(n1)C(O[Si](C)(C)C(C)(C)C)CC(CO)C2. The van der Waals surface area contributed by atoms with E-state index < -0.39 is 8.32 Å². The summed E-state index contributed by atoms with van der Waals surface area (Å²) in [6.07, 6.45) is 1.83. The molecule has 0 aromatic carbocycles. The van der Waals surface area contributed by atoms with Crippen molar-refractivity contribution in [2.24, 2.45) is 5.92 Å². The molecule has 0 saturated heterocycles. The van der Waals surface area contributed by atoms with E-state index in [1.807, 2.05) is 6.92 Å². The third-order valence-electron chi connectivity index (χ3n) is 5.01. The number of hydrogen-bond donors (Lipinski definition) is 1. The highest BCUT2D eigenvalue weighted by Gasteiger charge is 2.41. The van der Waals surface area contributed by atoms with Crippen molar-refractivity contribution < 1.29 is 9.53 Å². The molecule has 0 radical (unpaired) electrons. The van der Waals surface area contributed by atoms with Crippen molar-refractivity contribution in [2.45, 2.75) is 64.8 Å². The zero-order chi connectivity index (χ0) is 15.8. The Morgan fingerprint density at radius 1 is 1.33 bits per heavy atom. The average molecular weight is 308 g/mol. The van der Waals surface area contributed by atoms with Gasteiger partial charge in [-0.2, -0.15) is 0 Å². The average Bonchev–Trinajstić information content (AvgIpc) is 2.37. The van der Waals surface area contributed by atoms with Crippen LogP contribution in [0.5, 0.6) is 0 Å². The van der Waals surface area contributed by atoms with Crippen molar-refractivity contribution in [1.29, 1.82) is 0 Å². The van der Waals surface area contributed by atoms with E-state index in [9.17, 15) is 5.11 Å². The second-order valence-electron chi connectivity index (χ2n) is 7.85. The zero-order valence-electron chi connectivity index (χ0n) is 14.2. The molecule has 118 valence electrons. The predicted octanol–water partition coefficient (Wildman–Crippen LogP) is 4.01. The summed E-state index contributed by atoms with van der Waals surface area (Å²) < 4.78 is 6.62. The number of aliphatic hydroxyl groups is 1. The Morgan fingerprint density at radius 2 is 2.00 bits per heavy atom. The lowest BCUT2D eigenvalue weighted by atomic mass is 9.85. The third kappa shape index (κ3) is 3.55. The van der Waals surface area contributed by atoms with E-state index in [1.54, 1.807) is 0 Å². The van der Waals surface area contributed by atoms with Crippen molar-refractivity contribution in [3.05, 3.63) is 29.1 Å². The van der Waals surface area contributed by atoms with Crippen LogP contribution in [0.15, 0.2) is 12.1 Å². The highest BCUT2D eigenvalue weighted by Crippen LogP contribution is 2.43. The minimum Gasteiger partial charge on any atom is -0.408 e. The molecule has 1 aliphatic rings. The maximum Gasteiger partial charge on any atom is 0.192 e. The fourth-order valence-corrected chi connectivity index (χ4v) is 3.91. The molecule has 1 aromatic rings. The molecule has 21 heavy (non-hydrogen) atoms. The lowest BCUT2D eigenvalue weighted by Gasteiger charge is -2.41. The van der Waals surface area contributed by atoms with Crippen molar-refractivity contribution >= 4 is 8.32 Å². The van der Waals surface area contributed by atoms with Crippen molar-refractivity contribution in [3.8, 4) is 0 Å². The van der Waals surface area contributed by atoms with E-state index in [0.29, 0.717) is 0 Å². The number of aliphatic hydroxyl groups excluding tert-OH is 1. The van der Waals surface area contributed by atoms with Crippen LogP contribution in [0.25, 0.3) is 0 Å². The smallest absolute Gasteiger partial charge is 0.192 e. The molecule has 2 atom stereocenters. The summed E-state index contributed by atoms with van der Waals surface area (Å²) in [5.41, 5.74) is 3.39. The van der Waals surface area contributed by atoms with Gasteiger partial charge in [0.25, 0.3) is 0 Å². The summed E-state index contributed by atoms with van der Waals surface area (Å²) in [7, 11) is -1.84. The maximum absolute atomic E-state index is 9.58. The summed E-state index contributed by atoms with van der Waals surface area (Å²) in [6.45, 7) is 13.6. The van der Waals surface area contributed by atoms with E-state index in [2.05, 4.69) is 46.0 Å². The largest absolute Gasteiger partial charge is 0.408 e. The van der Waals surface area contributed by atoms with Gasteiger partial charge in [0.05, 0.1) is 11.8 Å². The van der Waals surface area contributed by atoms with Gasteiger partial charge in [-0.15, -0.1) is 0 Å². The molecular weight excluding hydrogens is 278 g/mol. The molecule has 0 saturated carbocycles. The molecule has 0 amide bonds. The summed E-state index contributed by atoms with van der Waals surface area (Å²) in [5, 5.41) is 9.77. The van der Waals surface area contributed by atoms with Gasteiger partial charge in [-0.3, -0.25) is 4.98 Å². The normalized spacial score (nSPS) is 23.0. The van der Waals surface area contributed by atoms with Crippen molar-refractivity contribution in [1.82, 2.24) is 4.98 Å². The van der Waals surface area contributed by atoms with E-state index >= 15 is 0 Å². The van der Waals surface area contributed by atoms with Crippen molar-refractivity contribution in [2.75, 3.05) is 6.61 Å². The topological polar surface area (TPSA) is 42.4 Å². The first-order valence-electron chi connectivity index (χ1n) is 7.89. The summed E-state index contributed by atoms with van der Waals surface area (Å²) in [6, 6.07) is 4.21. The predicted molar refractivity (Wildman–Crippen MR) is 88.9 cm³/mol. The number of rotatable bonds is 3. The first kappa shape index (κ1) is 16.7. The van der Waals surface area contributed by atoms with Gasteiger partial charge in [-0.25, -0.2) is 0 Å². The fourth-order valence-electron chi connectivity index (χ4n) is 2.64. The molecule has 1 aromatic heterocycles. The van der Waals surface area contributed by atoms with Gasteiger partial charge in [0.1, 0.15) is 0 Å². The number of aryl methyl sites for hydroxylation is 1. The van der Waals surface area contributed by atoms with Crippen LogP contribution in [0.2, 0.25) is 18.1 Å². The minimum absolute atomic E-state index is 0.0340. The van der Waals surface area contributed by atoms with E-state index in [4.69, 9.17) is 9.41 Å². The van der Waals surface area contributed by atoms with Crippen molar-refractivity contribution in [3.63, 3.8) is 0 Å². The van der Waals surface area contributed by atoms with Gasteiger partial charge in [-0.05, 0) is 55.4 Å². The third-order valence-corrected chi connectivity index (χ3v) is 9.50. The summed E-state index contributed by atoms with van der Waals surface area (Å²) >= 11 is 0. The van der Waals surface area contributed by atoms with Crippen LogP contribution in [-0.2, 0) is 10.8 Å². The number of aromatic nitrogens is 1. The number of nitrogens with zero attached hydrogens (tertiary/aromatic N) is 1. The molecule has 1 aliphatic carbocycles. The lowest BCUT2D eigenvalue weighted by Crippen LogP contribution is -2.43. The number of hydrogen-bond acceptors (Lipinski definition) is 3. The monoisotopic (exact) mass is 307 g/mol. The zero-order valence-corrected chi connectivity index (χ0v) is 15.2. The van der Waals surface area contributed by atoms with Crippen LogP contribution >= 0.6 is 0 Å². The van der Waals surface area contributed by atoms with Gasteiger partial charge >= 0.3 is 0 Å². The van der Waals surface area contributed by atoms with E-state index in [1.165, 1.54) is 5.56 Å². The molecule has 1 heterocycles. The van der Waals surface area contributed by atoms with Gasteiger partial charge in [0.15, 0.2) is 8.32 Å². The molecule has 1 N–H and O–H groups in total. The Hall–Kier alpha value is -0.713. The molecule has 4 heteroatoms. The molecule has 2 rings (SSSR count). The molecule has 3 nitrogen and oxygen atoms in total. The number of fused-ring (bicyclic) bond motifs is 1. The van der Waals surface area contributed by atoms with Crippen LogP contribution in [0, 0.1) is 12.8 Å². The van der Waals surface area contributed by atoms with Crippen LogP contribution in [0.1, 0.15) is 50.2 Å². The second-order valence-corrected chi connectivity index (χ2v) is 12.6. The Labute approximate surface area is 129 Å².